The third kappa shape index (κ3) is 1.52. The lowest BCUT2D eigenvalue weighted by atomic mass is 10.0. The van der Waals surface area contributed by atoms with E-state index in [0.29, 0.717) is 12.4 Å². The average molecular weight is 197 g/mol. The number of aromatic amines is 1. The topological polar surface area (TPSA) is 95.0 Å². The number of aromatic nitrogens is 4. The largest absolute Gasteiger partial charge is 0.465 e. The van der Waals surface area contributed by atoms with E-state index >= 15 is 0 Å². The Morgan fingerprint density at radius 3 is 3.07 bits per heavy atom. The van der Waals surface area contributed by atoms with Gasteiger partial charge in [-0.25, -0.2) is 4.79 Å². The Bertz CT molecular complexity index is 312. The van der Waals surface area contributed by atoms with Gasteiger partial charge in [0.15, 0.2) is 5.82 Å². The number of tetrazole rings is 1. The maximum absolute atomic E-state index is 10.9. The molecule has 1 aromatic rings. The molecule has 1 atom stereocenters. The number of piperidine rings is 1. The first-order valence-corrected chi connectivity index (χ1v) is 4.52. The van der Waals surface area contributed by atoms with Crippen LogP contribution in [0.1, 0.15) is 31.1 Å². The first-order chi connectivity index (χ1) is 6.79. The number of nitrogens with one attached hydrogen (secondary N) is 1. The highest BCUT2D eigenvalue weighted by Crippen LogP contribution is 2.27. The van der Waals surface area contributed by atoms with Crippen molar-refractivity contribution in [3.63, 3.8) is 0 Å². The van der Waals surface area contributed by atoms with Crippen molar-refractivity contribution in [2.45, 2.75) is 25.3 Å². The molecule has 0 radical (unpaired) electrons. The van der Waals surface area contributed by atoms with Gasteiger partial charge >= 0.3 is 6.09 Å². The molecule has 14 heavy (non-hydrogen) atoms. The second-order valence-electron chi connectivity index (χ2n) is 3.26. The Morgan fingerprint density at radius 1 is 1.57 bits per heavy atom. The highest BCUT2D eigenvalue weighted by molar-refractivity contribution is 5.65. The quantitative estimate of drug-likeness (QED) is 0.679. The Hall–Kier alpha value is -1.66. The summed E-state index contributed by atoms with van der Waals surface area (Å²) in [6, 6.07) is -0.236. The Labute approximate surface area is 80.1 Å². The molecule has 0 saturated carbocycles. The molecule has 1 fully saturated rings. The van der Waals surface area contributed by atoms with E-state index in [0.717, 1.165) is 19.3 Å². The number of amides is 1. The average Bonchev–Trinajstić information content (AvgIpc) is 2.70. The molecular weight excluding hydrogens is 186 g/mol. The normalized spacial score (nSPS) is 22.3. The maximum Gasteiger partial charge on any atom is 0.407 e. The fraction of sp³-hybridized carbons (Fsp3) is 0.714. The van der Waals surface area contributed by atoms with Crippen LogP contribution in [0.2, 0.25) is 0 Å². The summed E-state index contributed by atoms with van der Waals surface area (Å²) in [6.07, 6.45) is 1.76. The van der Waals surface area contributed by atoms with Crippen molar-refractivity contribution in [1.82, 2.24) is 25.5 Å². The molecule has 2 rings (SSSR count). The van der Waals surface area contributed by atoms with Crippen molar-refractivity contribution in [3.8, 4) is 0 Å². The molecule has 2 heterocycles. The zero-order valence-electron chi connectivity index (χ0n) is 7.55. The van der Waals surface area contributed by atoms with E-state index in [2.05, 4.69) is 20.6 Å². The minimum Gasteiger partial charge on any atom is -0.465 e. The molecule has 1 aromatic heterocycles. The van der Waals surface area contributed by atoms with Crippen LogP contribution in [0.3, 0.4) is 0 Å². The molecule has 1 aliphatic rings. The molecule has 0 aliphatic carbocycles. The van der Waals surface area contributed by atoms with E-state index < -0.39 is 6.09 Å². The summed E-state index contributed by atoms with van der Waals surface area (Å²) in [5.74, 6) is 0.465. The first kappa shape index (κ1) is 8.92. The van der Waals surface area contributed by atoms with E-state index in [1.807, 2.05) is 0 Å². The fourth-order valence-electron chi connectivity index (χ4n) is 1.74. The minimum atomic E-state index is -0.917. The molecule has 1 amide bonds. The summed E-state index contributed by atoms with van der Waals surface area (Å²) in [6.45, 7) is 0.550. The molecule has 7 heteroatoms. The number of hydrogen-bond acceptors (Lipinski definition) is 4. The molecule has 0 aromatic carbocycles. The summed E-state index contributed by atoms with van der Waals surface area (Å²) in [5, 5.41) is 22.4. The molecule has 0 bridgehead atoms. The summed E-state index contributed by atoms with van der Waals surface area (Å²) in [4.78, 5) is 12.3. The third-order valence-electron chi connectivity index (χ3n) is 2.41. The third-order valence-corrected chi connectivity index (χ3v) is 2.41. The van der Waals surface area contributed by atoms with E-state index in [-0.39, 0.29) is 6.04 Å². The van der Waals surface area contributed by atoms with Gasteiger partial charge in [0, 0.05) is 6.54 Å². The molecular formula is C7H11N5O2. The number of likely N-dealkylation sites (tertiary alicyclic amines) is 1. The smallest absolute Gasteiger partial charge is 0.407 e. The summed E-state index contributed by atoms with van der Waals surface area (Å²) >= 11 is 0. The van der Waals surface area contributed by atoms with Crippen LogP contribution in [-0.4, -0.2) is 43.3 Å². The van der Waals surface area contributed by atoms with E-state index in [1.165, 1.54) is 4.90 Å². The van der Waals surface area contributed by atoms with Gasteiger partial charge in [0.1, 0.15) is 0 Å². The number of hydrogen-bond donors (Lipinski definition) is 2. The highest BCUT2D eigenvalue weighted by atomic mass is 16.4. The second kappa shape index (κ2) is 3.60. The molecule has 2 N–H and O–H groups in total. The summed E-state index contributed by atoms with van der Waals surface area (Å²) in [5.41, 5.74) is 0. The number of carbonyl (C=O) groups is 1. The standard InChI is InChI=1S/C7H11N5O2/c13-7(14)12-4-2-1-3-5(12)6-8-10-11-9-6/h5H,1-4H2,(H,13,14)(H,8,9,10,11). The van der Waals surface area contributed by atoms with Crippen LogP contribution in [0, 0.1) is 0 Å². The number of carboxylic acid groups (broad SMARTS) is 1. The molecule has 76 valence electrons. The summed E-state index contributed by atoms with van der Waals surface area (Å²) < 4.78 is 0. The van der Waals surface area contributed by atoms with E-state index in [4.69, 9.17) is 5.11 Å². The summed E-state index contributed by atoms with van der Waals surface area (Å²) in [7, 11) is 0. The van der Waals surface area contributed by atoms with Gasteiger partial charge in [-0.2, -0.15) is 5.21 Å². The lowest BCUT2D eigenvalue weighted by Gasteiger charge is -2.31. The van der Waals surface area contributed by atoms with Crippen LogP contribution in [0.4, 0.5) is 4.79 Å². The van der Waals surface area contributed by atoms with Crippen LogP contribution in [-0.2, 0) is 0 Å². The van der Waals surface area contributed by atoms with Crippen LogP contribution < -0.4 is 0 Å². The van der Waals surface area contributed by atoms with Crippen molar-refractivity contribution in [1.29, 1.82) is 0 Å². The van der Waals surface area contributed by atoms with Gasteiger partial charge in [-0.1, -0.05) is 5.21 Å². The van der Waals surface area contributed by atoms with Gasteiger partial charge in [0.05, 0.1) is 6.04 Å². The van der Waals surface area contributed by atoms with Crippen LogP contribution in [0.25, 0.3) is 0 Å². The highest BCUT2D eigenvalue weighted by Gasteiger charge is 2.30. The van der Waals surface area contributed by atoms with E-state index in [1.54, 1.807) is 0 Å². The van der Waals surface area contributed by atoms with Crippen molar-refractivity contribution < 1.29 is 9.90 Å². The SMILES string of the molecule is O=C(O)N1CCCCC1c1nn[nH]n1. The first-order valence-electron chi connectivity index (χ1n) is 4.52. The second-order valence-corrected chi connectivity index (χ2v) is 3.26. The van der Waals surface area contributed by atoms with Gasteiger partial charge in [-0.15, -0.1) is 10.2 Å². The maximum atomic E-state index is 10.9. The Morgan fingerprint density at radius 2 is 2.43 bits per heavy atom. The Balaban J connectivity index is 2.18. The van der Waals surface area contributed by atoms with Crippen molar-refractivity contribution >= 4 is 6.09 Å². The molecule has 1 aliphatic heterocycles. The van der Waals surface area contributed by atoms with Gasteiger partial charge < -0.3 is 5.11 Å². The van der Waals surface area contributed by atoms with Crippen LogP contribution in [0.15, 0.2) is 0 Å². The Kier molecular flexibility index (Phi) is 2.30. The van der Waals surface area contributed by atoms with Crippen LogP contribution in [0.5, 0.6) is 0 Å². The monoisotopic (exact) mass is 197 g/mol. The zero-order chi connectivity index (χ0) is 9.97. The van der Waals surface area contributed by atoms with Crippen LogP contribution >= 0.6 is 0 Å². The molecule has 1 saturated heterocycles. The van der Waals surface area contributed by atoms with E-state index in [9.17, 15) is 4.79 Å². The number of nitrogens with zero attached hydrogens (tertiary/aromatic N) is 4. The van der Waals surface area contributed by atoms with Crippen molar-refractivity contribution in [3.05, 3.63) is 5.82 Å². The van der Waals surface area contributed by atoms with Gasteiger partial charge in [0.2, 0.25) is 0 Å². The van der Waals surface area contributed by atoms with Gasteiger partial charge in [0.25, 0.3) is 0 Å². The van der Waals surface area contributed by atoms with Gasteiger partial charge in [-0.3, -0.25) is 4.90 Å². The predicted molar refractivity (Wildman–Crippen MR) is 45.5 cm³/mol. The minimum absolute atomic E-state index is 0.236. The predicted octanol–water partition coefficient (Wildman–Crippen LogP) is 0.405. The molecule has 0 spiro atoms. The van der Waals surface area contributed by atoms with Crippen molar-refractivity contribution in [2.75, 3.05) is 6.54 Å². The number of rotatable bonds is 1. The molecule has 7 nitrogen and oxygen atoms in total. The zero-order valence-corrected chi connectivity index (χ0v) is 7.55. The van der Waals surface area contributed by atoms with Crippen molar-refractivity contribution in [2.24, 2.45) is 0 Å². The molecule has 1 unspecified atom stereocenters. The van der Waals surface area contributed by atoms with Gasteiger partial charge in [-0.05, 0) is 19.3 Å². The lowest BCUT2D eigenvalue weighted by Crippen LogP contribution is -2.37. The fourth-order valence-corrected chi connectivity index (χ4v) is 1.74. The number of H-pyrrole nitrogens is 1. The lowest BCUT2D eigenvalue weighted by molar-refractivity contribution is 0.104.